The lowest BCUT2D eigenvalue weighted by atomic mass is 9.92. The van der Waals surface area contributed by atoms with E-state index in [2.05, 4.69) is 10.5 Å². The number of fused-ring (bicyclic) bond motifs is 1. The highest BCUT2D eigenvalue weighted by Crippen LogP contribution is 2.38. The molecule has 1 heterocycles. The summed E-state index contributed by atoms with van der Waals surface area (Å²) in [7, 11) is 0. The molecule has 0 aliphatic heterocycles. The van der Waals surface area contributed by atoms with Crippen LogP contribution < -0.4 is 5.32 Å². The van der Waals surface area contributed by atoms with Crippen molar-refractivity contribution in [1.29, 1.82) is 0 Å². The molecule has 0 bridgehead atoms. The lowest BCUT2D eigenvalue weighted by Gasteiger charge is -2.16. The molecule has 1 N–H and O–H groups in total. The highest BCUT2D eigenvalue weighted by Gasteiger charge is 2.27. The Morgan fingerprint density at radius 2 is 2.50 bits per heavy atom. The Kier molecular flexibility index (Phi) is 3.33. The summed E-state index contributed by atoms with van der Waals surface area (Å²) in [5.74, 6) is -0.0356. The van der Waals surface area contributed by atoms with E-state index in [4.69, 9.17) is 0 Å². The van der Waals surface area contributed by atoms with Crippen LogP contribution >= 0.6 is 11.3 Å². The van der Waals surface area contributed by atoms with Crippen molar-refractivity contribution in [2.24, 2.45) is 5.18 Å². The number of rotatable bonds is 3. The molecule has 0 radical (unpaired) electrons. The van der Waals surface area contributed by atoms with Gasteiger partial charge in [-0.15, -0.1) is 11.3 Å². The maximum atomic E-state index is 11.8. The first-order valence-corrected chi connectivity index (χ1v) is 6.36. The highest BCUT2D eigenvalue weighted by atomic mass is 32.1. The van der Waals surface area contributed by atoms with E-state index in [1.807, 2.05) is 12.3 Å². The summed E-state index contributed by atoms with van der Waals surface area (Å²) >= 11 is 1.48. The zero-order valence-corrected chi connectivity index (χ0v) is 9.97. The first-order chi connectivity index (χ1) is 7.77. The molecule has 1 aliphatic carbocycles. The maximum absolute atomic E-state index is 11.8. The summed E-state index contributed by atoms with van der Waals surface area (Å²) in [5.41, 5.74) is 1.77. The van der Waals surface area contributed by atoms with Gasteiger partial charge >= 0.3 is 0 Å². The molecule has 0 spiro atoms. The van der Waals surface area contributed by atoms with E-state index in [-0.39, 0.29) is 11.9 Å². The first-order valence-electron chi connectivity index (χ1n) is 5.48. The topological polar surface area (TPSA) is 58.5 Å². The molecule has 16 heavy (non-hydrogen) atoms. The van der Waals surface area contributed by atoms with Crippen LogP contribution in [0.5, 0.6) is 0 Å². The molecule has 5 heteroatoms. The second kappa shape index (κ2) is 4.74. The highest BCUT2D eigenvalue weighted by molar-refractivity contribution is 7.10. The van der Waals surface area contributed by atoms with Gasteiger partial charge in [0, 0.05) is 16.8 Å². The molecule has 1 unspecified atom stereocenters. The maximum Gasteiger partial charge on any atom is 0.252 e. The lowest BCUT2D eigenvalue weighted by Crippen LogP contribution is -2.23. The van der Waals surface area contributed by atoms with Gasteiger partial charge in [-0.2, -0.15) is 4.91 Å². The van der Waals surface area contributed by atoms with Gasteiger partial charge in [-0.05, 0) is 31.7 Å². The largest absolute Gasteiger partial charge is 0.352 e. The monoisotopic (exact) mass is 238 g/mol. The minimum Gasteiger partial charge on any atom is -0.352 e. The predicted molar refractivity (Wildman–Crippen MR) is 63.8 cm³/mol. The Hall–Kier alpha value is -1.23. The van der Waals surface area contributed by atoms with Crippen molar-refractivity contribution >= 4 is 17.2 Å². The van der Waals surface area contributed by atoms with Crippen molar-refractivity contribution in [1.82, 2.24) is 5.32 Å². The number of hydrogen-bond acceptors (Lipinski definition) is 4. The third-order valence-electron chi connectivity index (χ3n) is 2.84. The van der Waals surface area contributed by atoms with Gasteiger partial charge in [-0.3, -0.25) is 4.79 Å². The van der Waals surface area contributed by atoms with Gasteiger partial charge in [0.1, 0.15) is 6.04 Å². The van der Waals surface area contributed by atoms with E-state index in [9.17, 15) is 9.70 Å². The van der Waals surface area contributed by atoms with Crippen molar-refractivity contribution in [3.8, 4) is 0 Å². The van der Waals surface area contributed by atoms with E-state index in [1.165, 1.54) is 11.3 Å². The number of carbonyl (C=O) groups excluding carboxylic acids is 1. The molecule has 1 amide bonds. The Labute approximate surface area is 98.0 Å². The van der Waals surface area contributed by atoms with Gasteiger partial charge < -0.3 is 5.32 Å². The number of carbonyl (C=O) groups is 1. The molecule has 0 aromatic carbocycles. The normalized spacial score (nSPS) is 18.9. The zero-order valence-electron chi connectivity index (χ0n) is 9.16. The standard InChI is InChI=1S/C11H14N2O2S/c1-2-12-11(14)8-6-16-10-7(8)4-3-5-9(10)13-15/h6,9H,2-5H2,1H3,(H,12,14). The average molecular weight is 238 g/mol. The van der Waals surface area contributed by atoms with E-state index >= 15 is 0 Å². The second-order valence-corrected chi connectivity index (χ2v) is 4.78. The van der Waals surface area contributed by atoms with Crippen molar-refractivity contribution in [3.05, 3.63) is 26.3 Å². The van der Waals surface area contributed by atoms with E-state index in [1.54, 1.807) is 0 Å². The predicted octanol–water partition coefficient (Wildman–Crippen LogP) is 2.64. The molecule has 2 rings (SSSR count). The fraction of sp³-hybridized carbons (Fsp3) is 0.545. The van der Waals surface area contributed by atoms with Crippen LogP contribution in [0.1, 0.15) is 46.6 Å². The lowest BCUT2D eigenvalue weighted by molar-refractivity contribution is 0.0955. The number of hydrogen-bond donors (Lipinski definition) is 1. The van der Waals surface area contributed by atoms with Gasteiger partial charge in [0.05, 0.1) is 5.56 Å². The van der Waals surface area contributed by atoms with Crippen LogP contribution in [0.2, 0.25) is 0 Å². The summed E-state index contributed by atoms with van der Waals surface area (Å²) in [6.07, 6.45) is 2.63. The van der Waals surface area contributed by atoms with Gasteiger partial charge in [0.2, 0.25) is 0 Å². The van der Waals surface area contributed by atoms with Crippen LogP contribution in [-0.2, 0) is 6.42 Å². The molecule has 86 valence electrons. The smallest absolute Gasteiger partial charge is 0.252 e. The molecule has 1 aliphatic rings. The Bertz CT molecular complexity index is 414. The van der Waals surface area contributed by atoms with Crippen LogP contribution in [0.4, 0.5) is 0 Å². The van der Waals surface area contributed by atoms with Crippen LogP contribution in [-0.4, -0.2) is 12.5 Å². The minimum atomic E-state index is -0.239. The van der Waals surface area contributed by atoms with E-state index < -0.39 is 0 Å². The summed E-state index contributed by atoms with van der Waals surface area (Å²) in [6.45, 7) is 2.52. The summed E-state index contributed by atoms with van der Waals surface area (Å²) < 4.78 is 0. The van der Waals surface area contributed by atoms with Crippen molar-refractivity contribution < 1.29 is 4.79 Å². The van der Waals surface area contributed by atoms with Crippen molar-refractivity contribution in [2.75, 3.05) is 6.54 Å². The second-order valence-electron chi connectivity index (χ2n) is 3.87. The fourth-order valence-electron chi connectivity index (χ4n) is 2.09. The summed E-state index contributed by atoms with van der Waals surface area (Å²) in [4.78, 5) is 23.4. The van der Waals surface area contributed by atoms with Gasteiger partial charge in [0.15, 0.2) is 0 Å². The minimum absolute atomic E-state index is 0.0356. The van der Waals surface area contributed by atoms with Gasteiger partial charge in [-0.1, -0.05) is 5.18 Å². The quantitative estimate of drug-likeness (QED) is 0.823. The van der Waals surface area contributed by atoms with E-state index in [0.29, 0.717) is 6.54 Å². The molecule has 1 aromatic rings. The number of thiophene rings is 1. The number of nitrogens with zero attached hydrogens (tertiary/aromatic N) is 1. The molecule has 0 saturated carbocycles. The molecule has 1 atom stereocenters. The van der Waals surface area contributed by atoms with Crippen LogP contribution in [0.3, 0.4) is 0 Å². The van der Waals surface area contributed by atoms with E-state index in [0.717, 1.165) is 35.3 Å². The summed E-state index contributed by atoms with van der Waals surface area (Å²) in [6, 6.07) is -0.239. The van der Waals surface area contributed by atoms with Crippen molar-refractivity contribution in [2.45, 2.75) is 32.2 Å². The molecular formula is C11H14N2O2S. The molecule has 0 fully saturated rings. The molecular weight excluding hydrogens is 224 g/mol. The Morgan fingerprint density at radius 1 is 1.69 bits per heavy atom. The third-order valence-corrected chi connectivity index (χ3v) is 3.97. The first kappa shape index (κ1) is 11.3. The molecule has 0 saturated heterocycles. The summed E-state index contributed by atoms with van der Waals surface area (Å²) in [5, 5.41) is 7.77. The SMILES string of the molecule is CCNC(=O)c1csc2c1CCCC2N=O. The van der Waals surface area contributed by atoms with Gasteiger partial charge in [-0.25, -0.2) is 0 Å². The number of amides is 1. The fourth-order valence-corrected chi connectivity index (χ4v) is 3.25. The Morgan fingerprint density at radius 3 is 3.19 bits per heavy atom. The van der Waals surface area contributed by atoms with Crippen molar-refractivity contribution in [3.63, 3.8) is 0 Å². The zero-order chi connectivity index (χ0) is 11.5. The Balaban J connectivity index is 2.33. The van der Waals surface area contributed by atoms with Crippen LogP contribution in [0.25, 0.3) is 0 Å². The average Bonchev–Trinajstić information content (AvgIpc) is 2.72. The van der Waals surface area contributed by atoms with Crippen LogP contribution in [0.15, 0.2) is 10.6 Å². The molecule has 1 aromatic heterocycles. The molecule has 4 nitrogen and oxygen atoms in total. The number of nitroso groups, excluding NO2 is 1. The van der Waals surface area contributed by atoms with Gasteiger partial charge in [0.25, 0.3) is 5.91 Å². The third kappa shape index (κ3) is 1.87. The number of nitrogens with one attached hydrogen (secondary N) is 1. The van der Waals surface area contributed by atoms with Crippen LogP contribution in [0, 0.1) is 4.91 Å².